The van der Waals surface area contributed by atoms with Gasteiger partial charge in [0.1, 0.15) is 0 Å². The van der Waals surface area contributed by atoms with E-state index in [1.54, 1.807) is 32.9 Å². The second-order valence-corrected chi connectivity index (χ2v) is 14.6. The van der Waals surface area contributed by atoms with Crippen LogP contribution in [0.5, 0.6) is 0 Å². The van der Waals surface area contributed by atoms with Gasteiger partial charge in [0, 0.05) is 24.2 Å². The summed E-state index contributed by atoms with van der Waals surface area (Å²) in [6.45, 7) is 12.8. The number of hydrogen-bond acceptors (Lipinski definition) is 7. The number of benzene rings is 2. The highest BCUT2D eigenvalue weighted by Crippen LogP contribution is 2.28. The molecule has 8 nitrogen and oxygen atoms in total. The SMILES string of the molecule is CCCCCCCCCCCCCCCCOC(=O)c1ccc(Cl)c(NC(=O)C(=Nc2ccc(N(CC)CCO)cc2C)C(=O)C(C)(C)C)c1. The zero-order chi connectivity index (χ0) is 36.9. The normalized spacial score (nSPS) is 11.8. The van der Waals surface area contributed by atoms with E-state index in [1.165, 1.54) is 82.8 Å². The molecule has 0 atom stereocenters. The molecule has 9 heteroatoms. The molecule has 2 rings (SSSR count). The third kappa shape index (κ3) is 15.3. The minimum Gasteiger partial charge on any atom is -0.462 e. The van der Waals surface area contributed by atoms with Gasteiger partial charge in [-0.15, -0.1) is 0 Å². The number of esters is 1. The average Bonchev–Trinajstić information content (AvgIpc) is 3.08. The molecule has 0 spiro atoms. The van der Waals surface area contributed by atoms with Crippen LogP contribution in [-0.2, 0) is 14.3 Å². The number of carbonyl (C=O) groups is 3. The zero-order valence-corrected chi connectivity index (χ0v) is 32.3. The molecule has 0 saturated carbocycles. The van der Waals surface area contributed by atoms with Crippen molar-refractivity contribution in [3.05, 3.63) is 52.5 Å². The van der Waals surface area contributed by atoms with Crippen LogP contribution in [0.3, 0.4) is 0 Å². The van der Waals surface area contributed by atoms with E-state index in [9.17, 15) is 19.5 Å². The molecule has 2 aromatic carbocycles. The second kappa shape index (κ2) is 23.3. The van der Waals surface area contributed by atoms with Crippen molar-refractivity contribution in [3.8, 4) is 0 Å². The number of aryl methyl sites for hydroxylation is 1. The number of likely N-dealkylation sites (N-methyl/N-ethyl adjacent to an activating group) is 1. The zero-order valence-electron chi connectivity index (χ0n) is 31.5. The molecule has 0 aliphatic heterocycles. The van der Waals surface area contributed by atoms with Crippen molar-refractivity contribution in [2.24, 2.45) is 10.4 Å². The van der Waals surface area contributed by atoms with E-state index in [2.05, 4.69) is 17.2 Å². The summed E-state index contributed by atoms with van der Waals surface area (Å²) in [5.74, 6) is -1.66. The van der Waals surface area contributed by atoms with Crippen LogP contribution >= 0.6 is 11.6 Å². The minimum atomic E-state index is -0.882. The average molecular weight is 712 g/mol. The molecule has 2 aromatic rings. The summed E-state index contributed by atoms with van der Waals surface area (Å²) in [5.41, 5.74) is 1.45. The van der Waals surface area contributed by atoms with Crippen molar-refractivity contribution in [2.75, 3.05) is 36.5 Å². The fraction of sp³-hybridized carbons (Fsp3) is 0.610. The predicted octanol–water partition coefficient (Wildman–Crippen LogP) is 10.4. The molecule has 0 aromatic heterocycles. The van der Waals surface area contributed by atoms with E-state index in [0.29, 0.717) is 25.4 Å². The number of halogens is 1. The number of anilines is 2. The van der Waals surface area contributed by atoms with Gasteiger partial charge < -0.3 is 20.1 Å². The van der Waals surface area contributed by atoms with E-state index >= 15 is 0 Å². The molecule has 1 amide bonds. The van der Waals surface area contributed by atoms with E-state index in [1.807, 2.05) is 30.9 Å². The first-order valence-electron chi connectivity index (χ1n) is 18.8. The predicted molar refractivity (Wildman–Crippen MR) is 208 cm³/mol. The van der Waals surface area contributed by atoms with Crippen LogP contribution < -0.4 is 10.2 Å². The van der Waals surface area contributed by atoms with Crippen LogP contribution in [0.4, 0.5) is 17.1 Å². The molecule has 0 aliphatic rings. The summed E-state index contributed by atoms with van der Waals surface area (Å²) in [6.07, 6.45) is 17.6. The maximum atomic E-state index is 13.6. The maximum absolute atomic E-state index is 13.6. The summed E-state index contributed by atoms with van der Waals surface area (Å²) in [6, 6.07) is 10.1. The number of aliphatic hydroxyl groups is 1. The largest absolute Gasteiger partial charge is 0.462 e. The number of hydrogen-bond donors (Lipinski definition) is 2. The van der Waals surface area contributed by atoms with E-state index < -0.39 is 23.1 Å². The summed E-state index contributed by atoms with van der Waals surface area (Å²) >= 11 is 6.42. The number of ketones is 1. The van der Waals surface area contributed by atoms with Crippen molar-refractivity contribution < 1.29 is 24.2 Å². The topological polar surface area (TPSA) is 108 Å². The molecule has 0 radical (unpaired) electrons. The summed E-state index contributed by atoms with van der Waals surface area (Å²) in [5, 5.41) is 12.3. The molecule has 50 heavy (non-hydrogen) atoms. The first kappa shape index (κ1) is 42.9. The van der Waals surface area contributed by atoms with Crippen molar-refractivity contribution in [3.63, 3.8) is 0 Å². The number of nitrogens with one attached hydrogen (secondary N) is 1. The van der Waals surface area contributed by atoms with Gasteiger partial charge >= 0.3 is 5.97 Å². The lowest BCUT2D eigenvalue weighted by Crippen LogP contribution is -2.37. The van der Waals surface area contributed by atoms with Gasteiger partial charge in [-0.2, -0.15) is 0 Å². The Hall–Kier alpha value is -3.23. The molecule has 0 bridgehead atoms. The molecule has 0 unspecified atom stereocenters. The van der Waals surface area contributed by atoms with E-state index in [0.717, 1.165) is 30.5 Å². The van der Waals surface area contributed by atoms with Gasteiger partial charge in [0.15, 0.2) is 11.5 Å². The van der Waals surface area contributed by atoms with Crippen molar-refractivity contribution in [1.82, 2.24) is 0 Å². The van der Waals surface area contributed by atoms with Gasteiger partial charge in [0.05, 0.1) is 35.2 Å². The number of Topliss-reactive ketones (excluding diaryl/α,β-unsaturated/α-hetero) is 1. The Labute approximate surface area is 306 Å². The number of aliphatic imine (C=N–C) groups is 1. The second-order valence-electron chi connectivity index (χ2n) is 14.2. The molecule has 0 heterocycles. The summed E-state index contributed by atoms with van der Waals surface area (Å²) in [4.78, 5) is 46.5. The van der Waals surface area contributed by atoms with Gasteiger partial charge in [0.2, 0.25) is 0 Å². The number of amides is 1. The molecular weight excluding hydrogens is 650 g/mol. The number of unbranched alkanes of at least 4 members (excludes halogenated alkanes) is 13. The number of nitrogens with zero attached hydrogens (tertiary/aromatic N) is 2. The Morgan fingerprint density at radius 2 is 1.42 bits per heavy atom. The Kier molecular flexibility index (Phi) is 20.0. The number of carbonyl (C=O) groups excluding carboxylic acids is 3. The first-order valence-corrected chi connectivity index (χ1v) is 19.2. The lowest BCUT2D eigenvalue weighted by molar-refractivity contribution is -0.121. The van der Waals surface area contributed by atoms with E-state index in [4.69, 9.17) is 16.3 Å². The summed E-state index contributed by atoms with van der Waals surface area (Å²) in [7, 11) is 0. The molecule has 0 aliphatic carbocycles. The Balaban J connectivity index is 1.95. The quantitative estimate of drug-likeness (QED) is 0.0486. The van der Waals surface area contributed by atoms with Crippen LogP contribution in [0.25, 0.3) is 0 Å². The van der Waals surface area contributed by atoms with Crippen LogP contribution in [0.2, 0.25) is 5.02 Å². The van der Waals surface area contributed by atoms with Crippen LogP contribution in [-0.4, -0.2) is 54.8 Å². The molecule has 0 saturated heterocycles. The Morgan fingerprint density at radius 3 is 1.94 bits per heavy atom. The number of ether oxygens (including phenoxy) is 1. The number of aliphatic hydroxyl groups excluding tert-OH is 1. The summed E-state index contributed by atoms with van der Waals surface area (Å²) < 4.78 is 5.52. The molecule has 0 fully saturated rings. The Morgan fingerprint density at radius 1 is 0.840 bits per heavy atom. The van der Waals surface area contributed by atoms with Crippen molar-refractivity contribution in [1.29, 1.82) is 0 Å². The lowest BCUT2D eigenvalue weighted by atomic mass is 9.87. The van der Waals surface area contributed by atoms with Gasteiger partial charge in [-0.05, 0) is 62.2 Å². The third-order valence-corrected chi connectivity index (χ3v) is 9.15. The van der Waals surface area contributed by atoms with Crippen LogP contribution in [0, 0.1) is 12.3 Å². The van der Waals surface area contributed by atoms with Crippen LogP contribution in [0.1, 0.15) is 140 Å². The first-order chi connectivity index (χ1) is 23.9. The van der Waals surface area contributed by atoms with E-state index in [-0.39, 0.29) is 28.6 Å². The lowest BCUT2D eigenvalue weighted by Gasteiger charge is -2.23. The smallest absolute Gasteiger partial charge is 0.338 e. The monoisotopic (exact) mass is 711 g/mol. The fourth-order valence-corrected chi connectivity index (χ4v) is 5.87. The highest BCUT2D eigenvalue weighted by atomic mass is 35.5. The maximum Gasteiger partial charge on any atom is 0.338 e. The number of rotatable bonds is 24. The van der Waals surface area contributed by atoms with Crippen molar-refractivity contribution >= 4 is 52.0 Å². The standard InChI is InChI=1S/C41H62ClN3O5/c1-7-9-10-11-12-13-14-15-16-17-18-19-20-21-28-50-40(49)32-22-24-34(42)36(30-32)44-39(48)37(38(47)41(4,5)6)43-35-25-23-33(29-31(35)3)45(8-2)26-27-46/h22-25,29-30,46H,7-21,26-28H2,1-6H3,(H,44,48). The van der Waals surface area contributed by atoms with Gasteiger partial charge in [-0.25, -0.2) is 9.79 Å². The van der Waals surface area contributed by atoms with Crippen molar-refractivity contribution in [2.45, 2.75) is 131 Å². The highest BCUT2D eigenvalue weighted by molar-refractivity contribution is 6.68. The molecule has 278 valence electrons. The molecule has 2 N–H and O–H groups in total. The molecular formula is C41H62ClN3O5. The third-order valence-electron chi connectivity index (χ3n) is 8.82. The van der Waals surface area contributed by atoms with Gasteiger partial charge in [-0.1, -0.05) is 123 Å². The van der Waals surface area contributed by atoms with Gasteiger partial charge in [-0.3, -0.25) is 9.59 Å². The van der Waals surface area contributed by atoms with Crippen LogP contribution in [0.15, 0.2) is 41.4 Å². The Bertz CT molecular complexity index is 1380. The fourth-order valence-electron chi connectivity index (χ4n) is 5.71. The van der Waals surface area contributed by atoms with Gasteiger partial charge in [0.25, 0.3) is 5.91 Å². The minimum absolute atomic E-state index is 0.0260. The highest BCUT2D eigenvalue weighted by Gasteiger charge is 2.31.